The van der Waals surface area contributed by atoms with Gasteiger partial charge >= 0.3 is 6.36 Å². The first kappa shape index (κ1) is 19.4. The van der Waals surface area contributed by atoms with Crippen LogP contribution in [0, 0.1) is 0 Å². The lowest BCUT2D eigenvalue weighted by Gasteiger charge is -2.33. The zero-order chi connectivity index (χ0) is 20.4. The molecule has 0 bridgehead atoms. The number of hydrogen-bond acceptors (Lipinski definition) is 3. The fourth-order valence-corrected chi connectivity index (χ4v) is 3.73. The number of ether oxygens (including phenoxy) is 2. The molecule has 0 amide bonds. The van der Waals surface area contributed by atoms with Crippen LogP contribution in [0.3, 0.4) is 0 Å². The van der Waals surface area contributed by atoms with Crippen LogP contribution in [0.15, 0.2) is 60.7 Å². The Kier molecular flexibility index (Phi) is 5.24. The van der Waals surface area contributed by atoms with E-state index in [1.807, 2.05) is 18.2 Å². The van der Waals surface area contributed by atoms with E-state index in [-0.39, 0.29) is 23.5 Å². The van der Waals surface area contributed by atoms with Gasteiger partial charge in [-0.15, -0.1) is 13.2 Å². The second-order valence-corrected chi connectivity index (χ2v) is 7.05. The molecule has 0 aromatic heterocycles. The van der Waals surface area contributed by atoms with Gasteiger partial charge in [0.1, 0.15) is 17.6 Å². The van der Waals surface area contributed by atoms with Gasteiger partial charge < -0.3 is 14.8 Å². The lowest BCUT2D eigenvalue weighted by atomic mass is 9.86. The van der Waals surface area contributed by atoms with Crippen LogP contribution in [0.5, 0.6) is 17.2 Å². The average Bonchev–Trinajstić information content (AvgIpc) is 2.67. The van der Waals surface area contributed by atoms with E-state index in [0.29, 0.717) is 12.3 Å². The van der Waals surface area contributed by atoms with Gasteiger partial charge in [-0.3, -0.25) is 5.11 Å². The van der Waals surface area contributed by atoms with E-state index in [1.54, 1.807) is 18.2 Å². The van der Waals surface area contributed by atoms with Crippen LogP contribution in [0.4, 0.5) is 13.2 Å². The highest BCUT2D eigenvalue weighted by Crippen LogP contribution is 2.33. The molecular formula is C22H19F3NO3. The summed E-state index contributed by atoms with van der Waals surface area (Å²) in [4.78, 5) is 0. The predicted octanol–water partition coefficient (Wildman–Crippen LogP) is 5.41. The van der Waals surface area contributed by atoms with Gasteiger partial charge in [-0.25, -0.2) is 0 Å². The normalized spacial score (nSPS) is 19.8. The van der Waals surface area contributed by atoms with Gasteiger partial charge in [0.2, 0.25) is 0 Å². The van der Waals surface area contributed by atoms with E-state index < -0.39 is 6.36 Å². The molecule has 1 radical (unpaired) electrons. The number of alkyl halides is 3. The third-order valence-corrected chi connectivity index (χ3v) is 5.02. The summed E-state index contributed by atoms with van der Waals surface area (Å²) in [6.45, 7) is 1.39. The molecule has 1 heterocycles. The zero-order valence-corrected chi connectivity index (χ0v) is 15.4. The Morgan fingerprint density at radius 1 is 0.931 bits per heavy atom. The molecule has 7 heteroatoms. The van der Waals surface area contributed by atoms with Crippen LogP contribution in [-0.4, -0.2) is 25.6 Å². The van der Waals surface area contributed by atoms with Gasteiger partial charge in [0, 0.05) is 18.5 Å². The van der Waals surface area contributed by atoms with Crippen molar-refractivity contribution in [1.82, 2.24) is 5.32 Å². The minimum Gasteiger partial charge on any atom is -0.488 e. The smallest absolute Gasteiger partial charge is 0.488 e. The predicted molar refractivity (Wildman–Crippen MR) is 102 cm³/mol. The molecule has 151 valence electrons. The molecule has 4 rings (SSSR count). The molecule has 1 aliphatic heterocycles. The Balaban J connectivity index is 1.57. The Bertz CT molecular complexity index is 1010. The summed E-state index contributed by atoms with van der Waals surface area (Å²) in [7, 11) is 0. The molecule has 1 fully saturated rings. The number of halogens is 3. The molecule has 0 aliphatic carbocycles. The highest BCUT2D eigenvalue weighted by molar-refractivity contribution is 5.84. The van der Waals surface area contributed by atoms with E-state index in [9.17, 15) is 18.3 Å². The zero-order valence-electron chi connectivity index (χ0n) is 15.4. The number of rotatable bonds is 4. The number of fused-ring (bicyclic) bond motifs is 1. The van der Waals surface area contributed by atoms with Crippen LogP contribution in [0.2, 0.25) is 0 Å². The van der Waals surface area contributed by atoms with Crippen molar-refractivity contribution < 1.29 is 27.8 Å². The van der Waals surface area contributed by atoms with Gasteiger partial charge in [-0.2, -0.15) is 0 Å². The van der Waals surface area contributed by atoms with E-state index in [4.69, 9.17) is 4.74 Å². The second kappa shape index (κ2) is 7.83. The summed E-state index contributed by atoms with van der Waals surface area (Å²) in [5.41, 5.74) is 1.07. The van der Waals surface area contributed by atoms with Crippen molar-refractivity contribution in [1.29, 1.82) is 0 Å². The van der Waals surface area contributed by atoms with Gasteiger partial charge in [0.05, 0.1) is 0 Å². The number of benzene rings is 3. The molecule has 0 spiro atoms. The van der Waals surface area contributed by atoms with Crippen molar-refractivity contribution in [3.05, 3.63) is 66.2 Å². The summed E-state index contributed by atoms with van der Waals surface area (Å²) in [5, 5.41) is 16.7. The summed E-state index contributed by atoms with van der Waals surface area (Å²) in [6, 6.07) is 16.5. The SMILES string of the molecule is [O]c1ccc2cc(C3CCNCC3Oc3cccc(OC(F)(F)F)c3)ccc2c1. The Morgan fingerprint density at radius 2 is 1.69 bits per heavy atom. The Morgan fingerprint density at radius 3 is 2.52 bits per heavy atom. The van der Waals surface area contributed by atoms with Crippen molar-refractivity contribution >= 4 is 10.8 Å². The first-order chi connectivity index (χ1) is 13.9. The first-order valence-corrected chi connectivity index (χ1v) is 9.31. The fourth-order valence-electron chi connectivity index (χ4n) is 3.73. The first-order valence-electron chi connectivity index (χ1n) is 9.31. The summed E-state index contributed by atoms with van der Waals surface area (Å²) in [6.07, 6.45) is -4.17. The molecule has 29 heavy (non-hydrogen) atoms. The van der Waals surface area contributed by atoms with E-state index in [2.05, 4.69) is 10.1 Å². The third kappa shape index (κ3) is 4.74. The lowest BCUT2D eigenvalue weighted by Crippen LogP contribution is -2.42. The van der Waals surface area contributed by atoms with Gasteiger partial charge in [-0.05, 0) is 53.6 Å². The second-order valence-electron chi connectivity index (χ2n) is 7.05. The maximum atomic E-state index is 12.5. The molecule has 0 saturated carbocycles. The highest BCUT2D eigenvalue weighted by Gasteiger charge is 2.32. The van der Waals surface area contributed by atoms with Crippen molar-refractivity contribution in [3.63, 3.8) is 0 Å². The Hall–Kier alpha value is -2.93. The third-order valence-electron chi connectivity index (χ3n) is 5.02. The molecule has 1 saturated heterocycles. The van der Waals surface area contributed by atoms with Crippen molar-refractivity contribution in [2.24, 2.45) is 0 Å². The molecule has 3 aromatic carbocycles. The summed E-state index contributed by atoms with van der Waals surface area (Å²) >= 11 is 0. The van der Waals surface area contributed by atoms with Crippen LogP contribution >= 0.6 is 0 Å². The standard InChI is InChI=1S/C22H19F3NO3/c23-22(24,25)29-19-3-1-2-18(12-19)28-21-13-26-9-8-20(21)16-5-4-15-11-17(27)7-6-14(15)10-16/h1-7,10-12,20-21,26H,8-9,13H2. The molecule has 3 aromatic rings. The summed E-state index contributed by atoms with van der Waals surface area (Å²) in [5.74, 6) is 0.0470. The van der Waals surface area contributed by atoms with Crippen LogP contribution < -0.4 is 14.8 Å². The van der Waals surface area contributed by atoms with E-state index >= 15 is 0 Å². The minimum absolute atomic E-state index is 0.0331. The number of piperidine rings is 1. The van der Waals surface area contributed by atoms with Crippen LogP contribution in [-0.2, 0) is 5.11 Å². The van der Waals surface area contributed by atoms with Crippen molar-refractivity contribution in [3.8, 4) is 17.2 Å². The van der Waals surface area contributed by atoms with E-state index in [1.165, 1.54) is 24.3 Å². The minimum atomic E-state index is -4.75. The molecule has 1 N–H and O–H groups in total. The quantitative estimate of drug-likeness (QED) is 0.635. The topological polar surface area (TPSA) is 50.4 Å². The summed E-state index contributed by atoms with van der Waals surface area (Å²) < 4.78 is 47.5. The molecule has 1 aliphatic rings. The number of nitrogens with one attached hydrogen (secondary N) is 1. The fraction of sp³-hybridized carbons (Fsp3) is 0.273. The van der Waals surface area contributed by atoms with Crippen molar-refractivity contribution in [2.45, 2.75) is 24.8 Å². The number of hydrogen-bond donors (Lipinski definition) is 1. The molecule has 2 unspecified atom stereocenters. The van der Waals surface area contributed by atoms with Crippen LogP contribution in [0.1, 0.15) is 17.9 Å². The highest BCUT2D eigenvalue weighted by atomic mass is 19.4. The maximum Gasteiger partial charge on any atom is 0.573 e. The lowest BCUT2D eigenvalue weighted by molar-refractivity contribution is -0.274. The maximum absolute atomic E-state index is 12.5. The van der Waals surface area contributed by atoms with Gasteiger partial charge in [-0.1, -0.05) is 30.3 Å². The average molecular weight is 402 g/mol. The molecule has 2 atom stereocenters. The van der Waals surface area contributed by atoms with Gasteiger partial charge in [0.15, 0.2) is 5.75 Å². The van der Waals surface area contributed by atoms with E-state index in [0.717, 1.165) is 29.3 Å². The monoisotopic (exact) mass is 402 g/mol. The molecular weight excluding hydrogens is 383 g/mol. The van der Waals surface area contributed by atoms with Crippen LogP contribution in [0.25, 0.3) is 10.8 Å². The Labute approximate surface area is 165 Å². The largest absolute Gasteiger partial charge is 0.573 e. The molecule has 4 nitrogen and oxygen atoms in total. The van der Waals surface area contributed by atoms with Gasteiger partial charge in [0.25, 0.3) is 0 Å². The van der Waals surface area contributed by atoms with Crippen molar-refractivity contribution in [2.75, 3.05) is 13.1 Å².